The topological polar surface area (TPSA) is 0 Å². The summed E-state index contributed by atoms with van der Waals surface area (Å²) in [6, 6.07) is 71.3. The molecule has 0 aliphatic carbocycles. The quantitative estimate of drug-likeness (QED) is 0.134. The van der Waals surface area contributed by atoms with Crippen LogP contribution < -0.4 is 0 Å². The van der Waals surface area contributed by atoms with Crippen LogP contribution in [-0.2, 0) is 0 Å². The van der Waals surface area contributed by atoms with Crippen molar-refractivity contribution in [2.75, 3.05) is 0 Å². The van der Waals surface area contributed by atoms with Crippen LogP contribution in [0.1, 0.15) is 0 Å². The van der Waals surface area contributed by atoms with Gasteiger partial charge in [0.2, 0.25) is 0 Å². The fraction of sp³-hybridized carbons (Fsp3) is 0. The van der Waals surface area contributed by atoms with Crippen LogP contribution in [0.2, 0.25) is 0 Å². The highest BCUT2D eigenvalue weighted by Crippen LogP contribution is 2.45. The Labute approximate surface area is 291 Å². The van der Waals surface area contributed by atoms with Gasteiger partial charge in [-0.2, -0.15) is 0 Å². The minimum atomic E-state index is 1.23. The first-order chi connectivity index (χ1) is 24.8. The first-order valence-electron chi connectivity index (χ1n) is 17.4. The van der Waals surface area contributed by atoms with Crippen molar-refractivity contribution >= 4 is 53.9 Å². The molecule has 232 valence electrons. The fourth-order valence-electron chi connectivity index (χ4n) is 8.20. The first kappa shape index (κ1) is 28.5. The van der Waals surface area contributed by atoms with Crippen LogP contribution in [0.3, 0.4) is 0 Å². The van der Waals surface area contributed by atoms with Crippen LogP contribution in [0.25, 0.3) is 98.4 Å². The Morgan fingerprint density at radius 2 is 0.580 bits per heavy atom. The van der Waals surface area contributed by atoms with Gasteiger partial charge in [-0.05, 0) is 111 Å². The zero-order chi connectivity index (χ0) is 33.0. The van der Waals surface area contributed by atoms with E-state index in [4.69, 9.17) is 0 Å². The molecule has 0 atom stereocenters. The molecule has 0 fully saturated rings. The lowest BCUT2D eigenvalue weighted by Gasteiger charge is -2.19. The molecule has 0 heteroatoms. The summed E-state index contributed by atoms with van der Waals surface area (Å²) >= 11 is 0. The summed E-state index contributed by atoms with van der Waals surface area (Å²) < 4.78 is 0. The average Bonchev–Trinajstić information content (AvgIpc) is 3.19. The summed E-state index contributed by atoms with van der Waals surface area (Å²) in [5.74, 6) is 0. The second-order valence-electron chi connectivity index (χ2n) is 13.2. The lowest BCUT2D eigenvalue weighted by molar-refractivity contribution is 1.62. The van der Waals surface area contributed by atoms with E-state index in [1.54, 1.807) is 0 Å². The Bertz CT molecular complexity index is 2860. The van der Waals surface area contributed by atoms with Crippen LogP contribution in [0.4, 0.5) is 0 Å². The van der Waals surface area contributed by atoms with Crippen LogP contribution in [0, 0.1) is 0 Å². The molecular formula is C50H32. The van der Waals surface area contributed by atoms with E-state index < -0.39 is 0 Å². The summed E-state index contributed by atoms with van der Waals surface area (Å²) in [5, 5.41) is 12.7. The molecule has 0 amide bonds. The second kappa shape index (κ2) is 11.6. The van der Waals surface area contributed by atoms with E-state index in [9.17, 15) is 0 Å². The van der Waals surface area contributed by atoms with Crippen molar-refractivity contribution in [3.8, 4) is 44.5 Å². The van der Waals surface area contributed by atoms with E-state index in [1.807, 2.05) is 0 Å². The van der Waals surface area contributed by atoms with Gasteiger partial charge in [0.25, 0.3) is 0 Å². The monoisotopic (exact) mass is 632 g/mol. The lowest BCUT2D eigenvalue weighted by Crippen LogP contribution is -1.92. The zero-order valence-electron chi connectivity index (χ0n) is 27.5. The van der Waals surface area contributed by atoms with Crippen molar-refractivity contribution in [2.24, 2.45) is 0 Å². The van der Waals surface area contributed by atoms with Crippen LogP contribution in [0.15, 0.2) is 194 Å². The summed E-state index contributed by atoms with van der Waals surface area (Å²) in [7, 11) is 0. The summed E-state index contributed by atoms with van der Waals surface area (Å²) in [5.41, 5.74) is 9.97. The molecular weight excluding hydrogens is 601 g/mol. The number of benzene rings is 10. The van der Waals surface area contributed by atoms with Gasteiger partial charge < -0.3 is 0 Å². The lowest BCUT2D eigenvalue weighted by atomic mass is 9.84. The fourth-order valence-corrected chi connectivity index (χ4v) is 8.20. The molecule has 0 aliphatic heterocycles. The Kier molecular flexibility index (Phi) is 6.60. The standard InChI is InChI=1S/C50H32/c1-3-20-39-33(13-1)15-11-26-41(39)35-16-9-18-37(31-35)49-45-22-5-7-24-47(45)50(48-25-8-6-23-46(48)49)38-19-10-17-36(32-38)42-27-12-28-43-40-21-4-2-14-34(40)29-30-44(42)43/h1-32H. The highest BCUT2D eigenvalue weighted by atomic mass is 14.2. The predicted molar refractivity (Wildman–Crippen MR) is 216 cm³/mol. The molecule has 50 heavy (non-hydrogen) atoms. The Morgan fingerprint density at radius 1 is 0.200 bits per heavy atom. The maximum Gasteiger partial charge on any atom is -0.00262 e. The molecule has 0 bridgehead atoms. The molecule has 0 unspecified atom stereocenters. The van der Waals surface area contributed by atoms with Gasteiger partial charge in [-0.25, -0.2) is 0 Å². The van der Waals surface area contributed by atoms with Gasteiger partial charge in [0.15, 0.2) is 0 Å². The highest BCUT2D eigenvalue weighted by Gasteiger charge is 2.18. The molecule has 0 saturated heterocycles. The van der Waals surface area contributed by atoms with Gasteiger partial charge in [-0.3, -0.25) is 0 Å². The molecule has 0 aliphatic rings. The van der Waals surface area contributed by atoms with Gasteiger partial charge in [0, 0.05) is 0 Å². The maximum absolute atomic E-state index is 2.39. The average molecular weight is 633 g/mol. The van der Waals surface area contributed by atoms with Crippen LogP contribution in [-0.4, -0.2) is 0 Å². The Morgan fingerprint density at radius 3 is 1.16 bits per heavy atom. The van der Waals surface area contributed by atoms with Crippen molar-refractivity contribution in [2.45, 2.75) is 0 Å². The molecule has 10 aromatic rings. The summed E-state index contributed by atoms with van der Waals surface area (Å²) in [6.45, 7) is 0. The molecule has 10 rings (SSSR count). The molecule has 10 aromatic carbocycles. The SMILES string of the molecule is c1cc(-c2cccc3ccccc23)cc(-c2c3ccccc3c(-c3cccc(-c4cccc5c4ccc4ccccc45)c3)c3ccccc23)c1. The number of rotatable bonds is 4. The molecule has 0 saturated carbocycles. The normalized spacial score (nSPS) is 11.6. The molecule has 0 spiro atoms. The molecule has 0 aromatic heterocycles. The van der Waals surface area contributed by atoms with E-state index in [0.717, 1.165) is 0 Å². The van der Waals surface area contributed by atoms with Crippen molar-refractivity contribution in [1.82, 2.24) is 0 Å². The molecule has 0 radical (unpaired) electrons. The Balaban J connectivity index is 1.19. The van der Waals surface area contributed by atoms with Crippen molar-refractivity contribution in [3.63, 3.8) is 0 Å². The smallest absolute Gasteiger partial charge is 0.00262 e. The Hall–Kier alpha value is -6.50. The van der Waals surface area contributed by atoms with Gasteiger partial charge >= 0.3 is 0 Å². The molecule has 0 N–H and O–H groups in total. The largest absolute Gasteiger partial charge is 0.0616 e. The maximum atomic E-state index is 2.39. The summed E-state index contributed by atoms with van der Waals surface area (Å²) in [6.07, 6.45) is 0. The minimum Gasteiger partial charge on any atom is -0.0616 e. The van der Waals surface area contributed by atoms with Crippen LogP contribution in [0.5, 0.6) is 0 Å². The van der Waals surface area contributed by atoms with Crippen molar-refractivity contribution in [3.05, 3.63) is 194 Å². The van der Waals surface area contributed by atoms with Gasteiger partial charge in [0.05, 0.1) is 0 Å². The third kappa shape index (κ3) is 4.54. The number of hydrogen-bond acceptors (Lipinski definition) is 0. The van der Waals surface area contributed by atoms with Crippen molar-refractivity contribution < 1.29 is 0 Å². The molecule has 0 nitrogen and oxygen atoms in total. The van der Waals surface area contributed by atoms with E-state index in [2.05, 4.69) is 194 Å². The van der Waals surface area contributed by atoms with Gasteiger partial charge in [-0.15, -0.1) is 0 Å². The minimum absolute atomic E-state index is 1.23. The van der Waals surface area contributed by atoms with Crippen LogP contribution >= 0.6 is 0 Å². The van der Waals surface area contributed by atoms with E-state index >= 15 is 0 Å². The first-order valence-corrected chi connectivity index (χ1v) is 17.4. The summed E-state index contributed by atoms with van der Waals surface area (Å²) in [4.78, 5) is 0. The molecule has 0 heterocycles. The van der Waals surface area contributed by atoms with Gasteiger partial charge in [0.1, 0.15) is 0 Å². The van der Waals surface area contributed by atoms with Gasteiger partial charge in [-0.1, -0.05) is 182 Å². The second-order valence-corrected chi connectivity index (χ2v) is 13.2. The van der Waals surface area contributed by atoms with E-state index in [1.165, 1.54) is 98.4 Å². The van der Waals surface area contributed by atoms with E-state index in [0.29, 0.717) is 0 Å². The number of fused-ring (bicyclic) bond motifs is 6. The highest BCUT2D eigenvalue weighted by molar-refractivity contribution is 6.22. The van der Waals surface area contributed by atoms with E-state index in [-0.39, 0.29) is 0 Å². The van der Waals surface area contributed by atoms with Crippen molar-refractivity contribution in [1.29, 1.82) is 0 Å². The number of hydrogen-bond donors (Lipinski definition) is 0. The third-order valence-electron chi connectivity index (χ3n) is 10.4. The zero-order valence-corrected chi connectivity index (χ0v) is 27.5. The predicted octanol–water partition coefficient (Wildman–Crippen LogP) is 14.1. The third-order valence-corrected chi connectivity index (χ3v) is 10.4.